The minimum absolute atomic E-state index is 0. The molecule has 4 aromatic rings. The molecular formula is C23H26ClN5O. The second kappa shape index (κ2) is 8.13. The lowest BCUT2D eigenvalue weighted by Crippen LogP contribution is -2.28. The molecule has 0 aliphatic carbocycles. The van der Waals surface area contributed by atoms with Gasteiger partial charge < -0.3 is 15.2 Å². The first-order chi connectivity index (χ1) is 14.2. The molecule has 2 N–H and O–H groups in total. The highest BCUT2D eigenvalue weighted by Gasteiger charge is 2.34. The van der Waals surface area contributed by atoms with Gasteiger partial charge in [-0.2, -0.15) is 5.10 Å². The Labute approximate surface area is 181 Å². The van der Waals surface area contributed by atoms with Gasteiger partial charge in [0.05, 0.1) is 12.1 Å². The molecule has 0 bridgehead atoms. The summed E-state index contributed by atoms with van der Waals surface area (Å²) in [5, 5.41) is 13.2. The van der Waals surface area contributed by atoms with E-state index in [0.29, 0.717) is 6.54 Å². The molecule has 1 saturated heterocycles. The largest absolute Gasteiger partial charge is 0.341 e. The second-order valence-electron chi connectivity index (χ2n) is 7.80. The van der Waals surface area contributed by atoms with E-state index in [1.807, 2.05) is 25.5 Å². The number of rotatable bonds is 4. The second-order valence-corrected chi connectivity index (χ2v) is 7.80. The molecule has 1 aliphatic heterocycles. The topological polar surface area (TPSA) is 63.9 Å². The SMILES string of the molecule is CCn1c2ccccc2c2cc(NC(=O)[C@H]3CNC[C@@H]3c3cnn(C)c3)ccc21.Cl. The highest BCUT2D eigenvalue weighted by molar-refractivity contribution is 6.10. The fourth-order valence-corrected chi connectivity index (χ4v) is 4.64. The molecule has 5 rings (SSSR count). The Bertz CT molecular complexity index is 1210. The van der Waals surface area contributed by atoms with E-state index in [1.54, 1.807) is 4.68 Å². The monoisotopic (exact) mass is 423 g/mol. The van der Waals surface area contributed by atoms with Crippen LogP contribution in [0.2, 0.25) is 0 Å². The van der Waals surface area contributed by atoms with Gasteiger partial charge >= 0.3 is 0 Å². The smallest absolute Gasteiger partial charge is 0.229 e. The Balaban J connectivity index is 0.00000218. The van der Waals surface area contributed by atoms with Crippen LogP contribution in [0.5, 0.6) is 0 Å². The van der Waals surface area contributed by atoms with Crippen LogP contribution in [-0.4, -0.2) is 33.3 Å². The van der Waals surface area contributed by atoms with Crippen LogP contribution < -0.4 is 10.6 Å². The minimum Gasteiger partial charge on any atom is -0.341 e. The van der Waals surface area contributed by atoms with Crippen molar-refractivity contribution in [1.29, 1.82) is 0 Å². The number of carbonyl (C=O) groups is 1. The molecule has 1 amide bonds. The van der Waals surface area contributed by atoms with Crippen molar-refractivity contribution in [3.8, 4) is 0 Å². The van der Waals surface area contributed by atoms with E-state index in [9.17, 15) is 4.79 Å². The van der Waals surface area contributed by atoms with E-state index in [4.69, 9.17) is 0 Å². The fraction of sp³-hybridized carbons (Fsp3) is 0.304. The predicted molar refractivity (Wildman–Crippen MR) is 123 cm³/mol. The summed E-state index contributed by atoms with van der Waals surface area (Å²) in [6, 6.07) is 14.7. The van der Waals surface area contributed by atoms with Gasteiger partial charge in [-0.3, -0.25) is 9.48 Å². The van der Waals surface area contributed by atoms with Gasteiger partial charge in [0, 0.05) is 66.3 Å². The molecule has 6 nitrogen and oxygen atoms in total. The highest BCUT2D eigenvalue weighted by Crippen LogP contribution is 2.32. The third-order valence-corrected chi connectivity index (χ3v) is 6.06. The normalized spacial score (nSPS) is 18.6. The molecular weight excluding hydrogens is 398 g/mol. The number of nitrogens with one attached hydrogen (secondary N) is 2. The number of amides is 1. The number of nitrogens with zero attached hydrogens (tertiary/aromatic N) is 3. The first-order valence-electron chi connectivity index (χ1n) is 10.2. The van der Waals surface area contributed by atoms with Crippen molar-refractivity contribution in [1.82, 2.24) is 19.7 Å². The van der Waals surface area contributed by atoms with Crippen molar-refractivity contribution < 1.29 is 4.79 Å². The van der Waals surface area contributed by atoms with Gasteiger partial charge in [-0.15, -0.1) is 12.4 Å². The quantitative estimate of drug-likeness (QED) is 0.523. The Hall–Kier alpha value is -2.83. The van der Waals surface area contributed by atoms with Crippen LogP contribution in [0.15, 0.2) is 54.9 Å². The zero-order valence-corrected chi connectivity index (χ0v) is 17.9. The zero-order chi connectivity index (χ0) is 20.0. The van der Waals surface area contributed by atoms with Crippen LogP contribution in [0.4, 0.5) is 5.69 Å². The lowest BCUT2D eigenvalue weighted by Gasteiger charge is -2.17. The molecule has 30 heavy (non-hydrogen) atoms. The number of anilines is 1. The average molecular weight is 424 g/mol. The summed E-state index contributed by atoms with van der Waals surface area (Å²) in [5.74, 6) is 0.101. The van der Waals surface area contributed by atoms with Gasteiger partial charge in [-0.25, -0.2) is 0 Å². The molecule has 1 aliphatic rings. The van der Waals surface area contributed by atoms with Gasteiger partial charge in [0.1, 0.15) is 0 Å². The van der Waals surface area contributed by atoms with Gasteiger partial charge in [0.25, 0.3) is 0 Å². The number of hydrogen-bond donors (Lipinski definition) is 2. The number of fused-ring (bicyclic) bond motifs is 3. The van der Waals surface area contributed by atoms with Crippen LogP contribution >= 0.6 is 12.4 Å². The van der Waals surface area contributed by atoms with Crippen LogP contribution in [-0.2, 0) is 18.4 Å². The maximum absolute atomic E-state index is 13.1. The van der Waals surface area contributed by atoms with Crippen LogP contribution in [0.3, 0.4) is 0 Å². The summed E-state index contributed by atoms with van der Waals surface area (Å²) in [6.07, 6.45) is 3.87. The maximum atomic E-state index is 13.1. The van der Waals surface area contributed by atoms with Crippen molar-refractivity contribution in [3.05, 3.63) is 60.4 Å². The Kier molecular flexibility index (Phi) is 5.54. The Morgan fingerprint density at radius 1 is 1.17 bits per heavy atom. The third-order valence-electron chi connectivity index (χ3n) is 6.06. The van der Waals surface area contributed by atoms with Crippen molar-refractivity contribution in [2.45, 2.75) is 19.4 Å². The number of carbonyl (C=O) groups excluding carboxylic acids is 1. The van der Waals surface area contributed by atoms with Crippen molar-refractivity contribution >= 4 is 45.8 Å². The zero-order valence-electron chi connectivity index (χ0n) is 17.1. The molecule has 2 aromatic heterocycles. The standard InChI is InChI=1S/C23H25N5O.ClH/c1-3-28-21-7-5-4-6-17(21)18-10-16(8-9-22(18)28)26-23(29)20-13-24-12-19(20)15-11-25-27(2)14-15;/h4-11,14,19-20,24H,3,12-13H2,1-2H3,(H,26,29);1H/t19-,20+;/m1./s1. The molecule has 0 spiro atoms. The van der Waals surface area contributed by atoms with Crippen LogP contribution in [0.25, 0.3) is 21.8 Å². The highest BCUT2D eigenvalue weighted by atomic mass is 35.5. The van der Waals surface area contributed by atoms with Crippen molar-refractivity contribution in [2.75, 3.05) is 18.4 Å². The fourth-order valence-electron chi connectivity index (χ4n) is 4.64. The van der Waals surface area contributed by atoms with Gasteiger partial charge in [-0.1, -0.05) is 18.2 Å². The lowest BCUT2D eigenvalue weighted by molar-refractivity contribution is -0.119. The van der Waals surface area contributed by atoms with E-state index in [1.165, 1.54) is 21.8 Å². The summed E-state index contributed by atoms with van der Waals surface area (Å²) in [4.78, 5) is 13.1. The third kappa shape index (κ3) is 3.36. The molecule has 0 radical (unpaired) electrons. The van der Waals surface area contributed by atoms with E-state index in [0.717, 1.165) is 24.3 Å². The van der Waals surface area contributed by atoms with Crippen LogP contribution in [0, 0.1) is 5.92 Å². The Morgan fingerprint density at radius 2 is 1.97 bits per heavy atom. The summed E-state index contributed by atoms with van der Waals surface area (Å²) in [5.41, 5.74) is 4.38. The Morgan fingerprint density at radius 3 is 2.73 bits per heavy atom. The molecule has 2 aromatic carbocycles. The molecule has 0 saturated carbocycles. The van der Waals surface area contributed by atoms with Crippen molar-refractivity contribution in [2.24, 2.45) is 13.0 Å². The number of aromatic nitrogens is 3. The molecule has 2 atom stereocenters. The maximum Gasteiger partial charge on any atom is 0.229 e. The molecule has 3 heterocycles. The van der Waals surface area contributed by atoms with Crippen LogP contribution in [0.1, 0.15) is 18.4 Å². The van der Waals surface area contributed by atoms with Gasteiger partial charge in [0.15, 0.2) is 0 Å². The van der Waals surface area contributed by atoms with E-state index in [2.05, 4.69) is 63.6 Å². The average Bonchev–Trinajstić information content (AvgIpc) is 3.44. The van der Waals surface area contributed by atoms with E-state index in [-0.39, 0.29) is 30.2 Å². The minimum atomic E-state index is -0.105. The summed E-state index contributed by atoms with van der Waals surface area (Å²) in [7, 11) is 1.91. The number of aryl methyl sites for hydroxylation is 2. The molecule has 1 fully saturated rings. The summed E-state index contributed by atoms with van der Waals surface area (Å²) < 4.78 is 4.11. The molecule has 156 valence electrons. The number of halogens is 1. The first-order valence-corrected chi connectivity index (χ1v) is 10.2. The van der Waals surface area contributed by atoms with E-state index < -0.39 is 0 Å². The van der Waals surface area contributed by atoms with E-state index >= 15 is 0 Å². The molecule has 7 heteroatoms. The lowest BCUT2D eigenvalue weighted by atomic mass is 9.90. The van der Waals surface area contributed by atoms with Gasteiger partial charge in [0.2, 0.25) is 5.91 Å². The predicted octanol–water partition coefficient (Wildman–Crippen LogP) is 3.91. The summed E-state index contributed by atoms with van der Waals surface area (Å²) in [6.45, 7) is 4.55. The number of hydrogen-bond acceptors (Lipinski definition) is 3. The molecule has 0 unspecified atom stereocenters. The van der Waals surface area contributed by atoms with Gasteiger partial charge in [-0.05, 0) is 36.8 Å². The number of benzene rings is 2. The summed E-state index contributed by atoms with van der Waals surface area (Å²) >= 11 is 0. The first kappa shape index (κ1) is 20.4. The van der Waals surface area contributed by atoms with Crippen molar-refractivity contribution in [3.63, 3.8) is 0 Å². The number of para-hydroxylation sites is 1.